The Hall–Kier alpha value is -1.26. The minimum absolute atomic E-state index is 0.0818. The maximum atomic E-state index is 12.4. The Morgan fingerprint density at radius 2 is 2.00 bits per heavy atom. The van der Waals surface area contributed by atoms with E-state index in [1.165, 1.54) is 0 Å². The number of hydrogen-bond acceptors (Lipinski definition) is 2. The van der Waals surface area contributed by atoms with Gasteiger partial charge in [0.15, 0.2) is 0 Å². The first kappa shape index (κ1) is 14.7. The van der Waals surface area contributed by atoms with Crippen molar-refractivity contribution in [2.45, 2.75) is 30.5 Å². The summed E-state index contributed by atoms with van der Waals surface area (Å²) in [7, 11) is 0. The van der Waals surface area contributed by atoms with Crippen molar-refractivity contribution in [2.75, 3.05) is 16.8 Å². The number of alkyl halides is 2. The van der Waals surface area contributed by atoms with Crippen LogP contribution >= 0.6 is 23.2 Å². The first-order valence-electron chi connectivity index (χ1n) is 6.94. The van der Waals surface area contributed by atoms with Crippen LogP contribution in [-0.2, 0) is 9.59 Å². The SMILES string of the molecule is C[C@@]1(C(=O)Nc2ccccc2N2CCCC2=O)CC1(Cl)Cl. The summed E-state index contributed by atoms with van der Waals surface area (Å²) in [4.78, 5) is 26.0. The second-order valence-electron chi connectivity index (χ2n) is 5.83. The van der Waals surface area contributed by atoms with Crippen molar-refractivity contribution in [1.82, 2.24) is 0 Å². The molecule has 2 amide bonds. The maximum absolute atomic E-state index is 12.4. The lowest BCUT2D eigenvalue weighted by Gasteiger charge is -2.21. The Labute approximate surface area is 133 Å². The van der Waals surface area contributed by atoms with E-state index in [2.05, 4.69) is 5.32 Å². The molecule has 112 valence electrons. The van der Waals surface area contributed by atoms with Crippen molar-refractivity contribution < 1.29 is 9.59 Å². The van der Waals surface area contributed by atoms with Gasteiger partial charge >= 0.3 is 0 Å². The first-order valence-corrected chi connectivity index (χ1v) is 7.69. The summed E-state index contributed by atoms with van der Waals surface area (Å²) in [5, 5.41) is 2.86. The van der Waals surface area contributed by atoms with E-state index in [9.17, 15) is 9.59 Å². The van der Waals surface area contributed by atoms with Crippen molar-refractivity contribution in [3.05, 3.63) is 24.3 Å². The zero-order valence-electron chi connectivity index (χ0n) is 11.7. The number of rotatable bonds is 3. The monoisotopic (exact) mass is 326 g/mol. The van der Waals surface area contributed by atoms with Gasteiger partial charge in [-0.1, -0.05) is 12.1 Å². The second kappa shape index (κ2) is 4.89. The molecular formula is C15H16Cl2N2O2. The third kappa shape index (κ3) is 2.40. The van der Waals surface area contributed by atoms with Gasteiger partial charge in [0.25, 0.3) is 0 Å². The number of nitrogens with one attached hydrogen (secondary N) is 1. The fourth-order valence-corrected chi connectivity index (χ4v) is 3.33. The number of nitrogens with zero attached hydrogens (tertiary/aromatic N) is 1. The quantitative estimate of drug-likeness (QED) is 0.866. The van der Waals surface area contributed by atoms with E-state index in [4.69, 9.17) is 23.2 Å². The van der Waals surface area contributed by atoms with Crippen molar-refractivity contribution in [3.8, 4) is 0 Å². The van der Waals surface area contributed by atoms with Crippen molar-refractivity contribution >= 4 is 46.4 Å². The molecule has 4 nitrogen and oxygen atoms in total. The predicted molar refractivity (Wildman–Crippen MR) is 83.8 cm³/mol. The molecule has 3 rings (SSSR count). The smallest absolute Gasteiger partial charge is 0.233 e. The molecule has 1 heterocycles. The van der Waals surface area contributed by atoms with Crippen LogP contribution in [0.5, 0.6) is 0 Å². The Morgan fingerprint density at radius 1 is 1.33 bits per heavy atom. The minimum atomic E-state index is -1.00. The van der Waals surface area contributed by atoms with Crippen LogP contribution in [0.3, 0.4) is 0 Å². The standard InChI is InChI=1S/C15H16Cl2N2O2/c1-14(9-15(14,16)17)13(21)18-10-5-2-3-6-11(10)19-8-4-7-12(19)20/h2-3,5-6H,4,7-9H2,1H3,(H,18,21)/t14-/m0/s1. The number of benzene rings is 1. The Balaban J connectivity index is 1.84. The van der Waals surface area contributed by atoms with Crippen molar-refractivity contribution in [3.63, 3.8) is 0 Å². The zero-order chi connectivity index (χ0) is 15.3. The van der Waals surface area contributed by atoms with Crippen LogP contribution < -0.4 is 10.2 Å². The van der Waals surface area contributed by atoms with Crippen LogP contribution in [0.4, 0.5) is 11.4 Å². The molecule has 21 heavy (non-hydrogen) atoms. The lowest BCUT2D eigenvalue weighted by molar-refractivity contribution is -0.120. The van der Waals surface area contributed by atoms with Gasteiger partial charge in [-0.2, -0.15) is 0 Å². The van der Waals surface area contributed by atoms with E-state index in [0.717, 1.165) is 12.1 Å². The van der Waals surface area contributed by atoms with Gasteiger partial charge in [0.2, 0.25) is 11.8 Å². The van der Waals surface area contributed by atoms with E-state index in [0.29, 0.717) is 25.1 Å². The third-order valence-electron chi connectivity index (χ3n) is 4.28. The Kier molecular flexibility index (Phi) is 3.41. The lowest BCUT2D eigenvalue weighted by atomic mass is 10.1. The number of anilines is 2. The maximum Gasteiger partial charge on any atom is 0.233 e. The van der Waals surface area contributed by atoms with E-state index in [1.807, 2.05) is 18.2 Å². The molecule has 2 aliphatic rings. The fourth-order valence-electron chi connectivity index (χ4n) is 2.62. The average Bonchev–Trinajstić information content (AvgIpc) is 2.76. The van der Waals surface area contributed by atoms with E-state index < -0.39 is 9.75 Å². The number of carbonyl (C=O) groups excluding carboxylic acids is 2. The topological polar surface area (TPSA) is 49.4 Å². The second-order valence-corrected chi connectivity index (χ2v) is 7.32. The molecule has 1 saturated heterocycles. The zero-order valence-corrected chi connectivity index (χ0v) is 13.2. The molecule has 2 fully saturated rings. The highest BCUT2D eigenvalue weighted by Gasteiger charge is 2.67. The van der Waals surface area contributed by atoms with Gasteiger partial charge in [-0.3, -0.25) is 9.59 Å². The number of amides is 2. The van der Waals surface area contributed by atoms with Crippen LogP contribution in [0.15, 0.2) is 24.3 Å². The summed E-state index contributed by atoms with van der Waals surface area (Å²) < 4.78 is -1.00. The summed E-state index contributed by atoms with van der Waals surface area (Å²) in [5.41, 5.74) is 0.570. The molecule has 0 spiro atoms. The average molecular weight is 327 g/mol. The van der Waals surface area contributed by atoms with E-state index in [1.54, 1.807) is 17.9 Å². The molecule has 6 heteroatoms. The van der Waals surface area contributed by atoms with Crippen LogP contribution in [0.1, 0.15) is 26.2 Å². The molecule has 0 aromatic heterocycles. The Bertz CT molecular complexity index is 617. The Morgan fingerprint density at radius 3 is 2.57 bits per heavy atom. The molecule has 1 aliphatic carbocycles. The van der Waals surface area contributed by atoms with Gasteiger partial charge in [-0.15, -0.1) is 23.2 Å². The summed E-state index contributed by atoms with van der Waals surface area (Å²) in [6.45, 7) is 2.42. The highest BCUT2D eigenvalue weighted by molar-refractivity contribution is 6.53. The van der Waals surface area contributed by atoms with Gasteiger partial charge < -0.3 is 10.2 Å². The largest absolute Gasteiger partial charge is 0.324 e. The highest BCUT2D eigenvalue weighted by atomic mass is 35.5. The van der Waals surface area contributed by atoms with Gasteiger partial charge in [-0.05, 0) is 31.9 Å². The van der Waals surface area contributed by atoms with Gasteiger partial charge in [-0.25, -0.2) is 0 Å². The summed E-state index contributed by atoms with van der Waals surface area (Å²) in [6, 6.07) is 7.30. The van der Waals surface area contributed by atoms with Crippen molar-refractivity contribution in [1.29, 1.82) is 0 Å². The van der Waals surface area contributed by atoms with Gasteiger partial charge in [0.05, 0.1) is 16.8 Å². The molecule has 1 atom stereocenters. The number of hydrogen-bond donors (Lipinski definition) is 1. The van der Waals surface area contributed by atoms with Crippen LogP contribution in [0, 0.1) is 5.41 Å². The summed E-state index contributed by atoms with van der Waals surface area (Å²) >= 11 is 12.1. The normalized spacial score (nSPS) is 26.8. The number of halogens is 2. The molecule has 1 aromatic rings. The van der Waals surface area contributed by atoms with Crippen molar-refractivity contribution in [2.24, 2.45) is 5.41 Å². The number of para-hydroxylation sites is 2. The highest BCUT2D eigenvalue weighted by Crippen LogP contribution is 2.64. The van der Waals surface area contributed by atoms with Crippen LogP contribution in [0.2, 0.25) is 0 Å². The van der Waals surface area contributed by atoms with E-state index in [-0.39, 0.29) is 11.8 Å². The molecule has 1 saturated carbocycles. The van der Waals surface area contributed by atoms with Crippen LogP contribution in [0.25, 0.3) is 0 Å². The molecule has 0 bridgehead atoms. The summed E-state index contributed by atoms with van der Waals surface area (Å²) in [6.07, 6.45) is 1.82. The molecule has 0 radical (unpaired) electrons. The molecule has 1 aliphatic heterocycles. The molecule has 1 N–H and O–H groups in total. The van der Waals surface area contributed by atoms with Gasteiger partial charge in [0.1, 0.15) is 4.33 Å². The fraction of sp³-hybridized carbons (Fsp3) is 0.467. The van der Waals surface area contributed by atoms with Gasteiger partial charge in [0, 0.05) is 13.0 Å². The molecule has 0 unspecified atom stereocenters. The lowest BCUT2D eigenvalue weighted by Crippen LogP contribution is -2.29. The minimum Gasteiger partial charge on any atom is -0.324 e. The predicted octanol–water partition coefficient (Wildman–Crippen LogP) is 3.34. The molecule has 1 aromatic carbocycles. The van der Waals surface area contributed by atoms with E-state index >= 15 is 0 Å². The summed E-state index contributed by atoms with van der Waals surface area (Å²) in [5.74, 6) is -0.134. The third-order valence-corrected chi connectivity index (χ3v) is 5.38. The number of carbonyl (C=O) groups is 2. The first-order chi connectivity index (χ1) is 9.85. The van der Waals surface area contributed by atoms with Crippen LogP contribution in [-0.4, -0.2) is 22.7 Å². The molecular weight excluding hydrogens is 311 g/mol.